The highest BCUT2D eigenvalue weighted by molar-refractivity contribution is 4.85. The first-order chi connectivity index (χ1) is 6.65. The predicted octanol–water partition coefficient (Wildman–Crippen LogP) is 1.38. The van der Waals surface area contributed by atoms with E-state index in [9.17, 15) is 0 Å². The minimum atomic E-state index is 0.405. The van der Waals surface area contributed by atoms with Gasteiger partial charge in [-0.3, -0.25) is 0 Å². The maximum atomic E-state index is 5.73. The molecule has 1 saturated heterocycles. The zero-order chi connectivity index (χ0) is 10.6. The normalized spacial score (nSPS) is 28.9. The highest BCUT2D eigenvalue weighted by Gasteiger charge is 2.31. The number of likely N-dealkylation sites (N-methyl/N-ethyl adjacent to an activating group) is 1. The molecule has 0 spiro atoms. The molecule has 1 aliphatic heterocycles. The summed E-state index contributed by atoms with van der Waals surface area (Å²) < 4.78 is 10.7. The van der Waals surface area contributed by atoms with Crippen molar-refractivity contribution in [1.29, 1.82) is 0 Å². The van der Waals surface area contributed by atoms with Crippen LogP contribution in [0.25, 0.3) is 0 Å². The number of rotatable bonds is 5. The van der Waals surface area contributed by atoms with Crippen molar-refractivity contribution in [3.05, 3.63) is 0 Å². The number of hydrogen-bond acceptors (Lipinski definition) is 3. The second kappa shape index (κ2) is 5.69. The molecule has 0 bridgehead atoms. The fourth-order valence-electron chi connectivity index (χ4n) is 2.18. The summed E-state index contributed by atoms with van der Waals surface area (Å²) >= 11 is 0. The van der Waals surface area contributed by atoms with E-state index in [4.69, 9.17) is 9.47 Å². The Morgan fingerprint density at radius 3 is 2.57 bits per heavy atom. The highest BCUT2D eigenvalue weighted by atomic mass is 16.5. The van der Waals surface area contributed by atoms with E-state index in [-0.39, 0.29) is 0 Å². The van der Waals surface area contributed by atoms with Crippen molar-refractivity contribution in [2.24, 2.45) is 5.92 Å². The van der Waals surface area contributed by atoms with Gasteiger partial charge in [0.25, 0.3) is 0 Å². The summed E-state index contributed by atoms with van der Waals surface area (Å²) in [5.74, 6) is 0.719. The van der Waals surface area contributed by atoms with Crippen LogP contribution in [0.3, 0.4) is 0 Å². The Balaban J connectivity index is 2.24. The molecule has 1 fully saturated rings. The molecule has 0 amide bonds. The lowest BCUT2D eigenvalue weighted by atomic mass is 10.0. The molecule has 2 atom stereocenters. The first-order valence-electron chi connectivity index (χ1n) is 5.46. The molecule has 3 nitrogen and oxygen atoms in total. The summed E-state index contributed by atoms with van der Waals surface area (Å²) in [6.45, 7) is 7.04. The SMILES string of the molecule is COCCO[C@H]1CC(C(C)C)N(C)C1. The van der Waals surface area contributed by atoms with Crippen molar-refractivity contribution >= 4 is 0 Å². The van der Waals surface area contributed by atoms with Gasteiger partial charge < -0.3 is 14.4 Å². The molecule has 84 valence electrons. The summed E-state index contributed by atoms with van der Waals surface area (Å²) in [6.07, 6.45) is 1.57. The van der Waals surface area contributed by atoms with Crippen molar-refractivity contribution in [3.63, 3.8) is 0 Å². The molecule has 1 heterocycles. The lowest BCUT2D eigenvalue weighted by molar-refractivity contribution is 0.0229. The summed E-state index contributed by atoms with van der Waals surface area (Å²) in [6, 6.07) is 0.683. The molecule has 0 saturated carbocycles. The zero-order valence-electron chi connectivity index (χ0n) is 9.82. The van der Waals surface area contributed by atoms with Gasteiger partial charge in [0.1, 0.15) is 0 Å². The average Bonchev–Trinajstić information content (AvgIpc) is 2.47. The molecule has 0 N–H and O–H groups in total. The second-order valence-electron chi connectivity index (χ2n) is 4.47. The first-order valence-corrected chi connectivity index (χ1v) is 5.46. The van der Waals surface area contributed by atoms with E-state index in [1.165, 1.54) is 0 Å². The molecule has 1 unspecified atom stereocenters. The van der Waals surface area contributed by atoms with Gasteiger partial charge in [-0.25, -0.2) is 0 Å². The van der Waals surface area contributed by atoms with E-state index >= 15 is 0 Å². The fourth-order valence-corrected chi connectivity index (χ4v) is 2.18. The summed E-state index contributed by atoms with van der Waals surface area (Å²) in [4.78, 5) is 2.40. The van der Waals surface area contributed by atoms with E-state index in [0.717, 1.165) is 25.5 Å². The fraction of sp³-hybridized carbons (Fsp3) is 1.00. The van der Waals surface area contributed by atoms with Gasteiger partial charge in [0.05, 0.1) is 19.3 Å². The van der Waals surface area contributed by atoms with Crippen molar-refractivity contribution in [1.82, 2.24) is 4.90 Å². The van der Waals surface area contributed by atoms with Crippen LogP contribution in [-0.4, -0.2) is 51.0 Å². The molecular weight excluding hydrogens is 178 g/mol. The van der Waals surface area contributed by atoms with Gasteiger partial charge in [0.15, 0.2) is 0 Å². The third-order valence-corrected chi connectivity index (χ3v) is 2.97. The molecule has 1 rings (SSSR count). The lowest BCUT2D eigenvalue weighted by Crippen LogP contribution is -2.29. The molecule has 1 aliphatic rings. The third-order valence-electron chi connectivity index (χ3n) is 2.97. The van der Waals surface area contributed by atoms with Crippen LogP contribution >= 0.6 is 0 Å². The Morgan fingerprint density at radius 2 is 2.07 bits per heavy atom. The summed E-state index contributed by atoms with van der Waals surface area (Å²) in [7, 11) is 3.89. The average molecular weight is 201 g/mol. The van der Waals surface area contributed by atoms with Crippen molar-refractivity contribution in [2.75, 3.05) is 33.9 Å². The van der Waals surface area contributed by atoms with Crippen molar-refractivity contribution in [3.8, 4) is 0 Å². The monoisotopic (exact) mass is 201 g/mol. The second-order valence-corrected chi connectivity index (χ2v) is 4.47. The molecule has 0 aromatic heterocycles. The topological polar surface area (TPSA) is 21.7 Å². The summed E-state index contributed by atoms with van der Waals surface area (Å²) in [5, 5.41) is 0. The summed E-state index contributed by atoms with van der Waals surface area (Å²) in [5.41, 5.74) is 0. The van der Waals surface area contributed by atoms with Crippen LogP contribution in [0.1, 0.15) is 20.3 Å². The molecule has 0 aromatic rings. The number of methoxy groups -OCH3 is 1. The van der Waals surface area contributed by atoms with Crippen LogP contribution in [-0.2, 0) is 9.47 Å². The van der Waals surface area contributed by atoms with Crippen molar-refractivity contribution in [2.45, 2.75) is 32.4 Å². The van der Waals surface area contributed by atoms with Gasteiger partial charge in [0.2, 0.25) is 0 Å². The Labute approximate surface area is 87.4 Å². The number of nitrogens with zero attached hydrogens (tertiary/aromatic N) is 1. The van der Waals surface area contributed by atoms with Gasteiger partial charge in [-0.15, -0.1) is 0 Å². The third kappa shape index (κ3) is 3.23. The Hall–Kier alpha value is -0.120. The lowest BCUT2D eigenvalue weighted by Gasteiger charge is -2.22. The van der Waals surface area contributed by atoms with E-state index in [1.807, 2.05) is 0 Å². The van der Waals surface area contributed by atoms with Gasteiger partial charge in [-0.05, 0) is 19.4 Å². The van der Waals surface area contributed by atoms with E-state index in [0.29, 0.717) is 18.8 Å². The van der Waals surface area contributed by atoms with E-state index in [1.54, 1.807) is 7.11 Å². The van der Waals surface area contributed by atoms with Gasteiger partial charge in [0, 0.05) is 19.7 Å². The predicted molar refractivity (Wildman–Crippen MR) is 57.5 cm³/mol. The zero-order valence-corrected chi connectivity index (χ0v) is 9.82. The van der Waals surface area contributed by atoms with Crippen LogP contribution < -0.4 is 0 Å². The van der Waals surface area contributed by atoms with Gasteiger partial charge in [-0.1, -0.05) is 13.8 Å². The molecule has 0 radical (unpaired) electrons. The van der Waals surface area contributed by atoms with Crippen molar-refractivity contribution < 1.29 is 9.47 Å². The maximum absolute atomic E-state index is 5.73. The smallest absolute Gasteiger partial charge is 0.0718 e. The minimum absolute atomic E-state index is 0.405. The molecule has 14 heavy (non-hydrogen) atoms. The number of ether oxygens (including phenoxy) is 2. The van der Waals surface area contributed by atoms with Crippen LogP contribution in [0.15, 0.2) is 0 Å². The Bertz CT molecular complexity index is 161. The quantitative estimate of drug-likeness (QED) is 0.627. The molecular formula is C11H23NO2. The minimum Gasteiger partial charge on any atom is -0.382 e. The van der Waals surface area contributed by atoms with E-state index < -0.39 is 0 Å². The standard InChI is InChI=1S/C11H23NO2/c1-9(2)11-7-10(8-12(11)3)14-6-5-13-4/h9-11H,5-8H2,1-4H3/t10-,11?/m0/s1. The van der Waals surface area contributed by atoms with Crippen LogP contribution in [0, 0.1) is 5.92 Å². The van der Waals surface area contributed by atoms with Gasteiger partial charge >= 0.3 is 0 Å². The maximum Gasteiger partial charge on any atom is 0.0718 e. The Morgan fingerprint density at radius 1 is 1.36 bits per heavy atom. The van der Waals surface area contributed by atoms with Crippen LogP contribution in [0.5, 0.6) is 0 Å². The number of likely N-dealkylation sites (tertiary alicyclic amines) is 1. The molecule has 0 aliphatic carbocycles. The first kappa shape index (κ1) is 12.0. The molecule has 0 aromatic carbocycles. The largest absolute Gasteiger partial charge is 0.382 e. The van der Waals surface area contributed by atoms with Crippen LogP contribution in [0.4, 0.5) is 0 Å². The highest BCUT2D eigenvalue weighted by Crippen LogP contribution is 2.24. The van der Waals surface area contributed by atoms with Crippen LogP contribution in [0.2, 0.25) is 0 Å². The number of hydrogen-bond donors (Lipinski definition) is 0. The van der Waals surface area contributed by atoms with E-state index in [2.05, 4.69) is 25.8 Å². The Kier molecular flexibility index (Phi) is 4.85. The van der Waals surface area contributed by atoms with Gasteiger partial charge in [-0.2, -0.15) is 0 Å². The molecule has 3 heteroatoms.